The third-order valence-electron chi connectivity index (χ3n) is 4.72. The fourth-order valence-electron chi connectivity index (χ4n) is 3.13. The van der Waals surface area contributed by atoms with Gasteiger partial charge in [0.15, 0.2) is 5.76 Å². The van der Waals surface area contributed by atoms with Crippen molar-refractivity contribution in [3.8, 4) is 0 Å². The molecule has 1 fully saturated rings. The topological polar surface area (TPSA) is 64.2 Å². The van der Waals surface area contributed by atoms with Crippen LogP contribution in [0, 0.1) is 5.92 Å². The average Bonchev–Trinajstić information content (AvgIpc) is 3.40. The number of hydrogen-bond donors (Lipinski definition) is 1. The summed E-state index contributed by atoms with van der Waals surface area (Å²) in [5.74, 6) is 0.984. The highest BCUT2D eigenvalue weighted by Crippen LogP contribution is 2.41. The summed E-state index contributed by atoms with van der Waals surface area (Å²) in [4.78, 5) is 24.5. The van der Waals surface area contributed by atoms with Gasteiger partial charge in [-0.15, -0.1) is 0 Å². The molecule has 1 amide bonds. The van der Waals surface area contributed by atoms with Crippen LogP contribution < -0.4 is 10.9 Å². The number of carbonyl (C=O) groups is 1. The number of carbonyl (C=O) groups excluding carboxylic acids is 1. The van der Waals surface area contributed by atoms with Gasteiger partial charge in [0.25, 0.3) is 11.5 Å². The Morgan fingerprint density at radius 1 is 1.15 bits per heavy atom. The van der Waals surface area contributed by atoms with E-state index in [1.807, 2.05) is 24.3 Å². The molecule has 0 spiro atoms. The van der Waals surface area contributed by atoms with Gasteiger partial charge in [0.2, 0.25) is 0 Å². The van der Waals surface area contributed by atoms with E-state index in [-0.39, 0.29) is 29.8 Å². The van der Waals surface area contributed by atoms with Crippen LogP contribution >= 0.6 is 11.6 Å². The van der Waals surface area contributed by atoms with E-state index >= 15 is 0 Å². The minimum absolute atomic E-state index is 0.0555. The van der Waals surface area contributed by atoms with Crippen LogP contribution in [0.2, 0.25) is 5.02 Å². The molecule has 1 aromatic carbocycles. The molecule has 1 unspecified atom stereocenters. The molecule has 0 aliphatic heterocycles. The van der Waals surface area contributed by atoms with Crippen LogP contribution in [0.5, 0.6) is 0 Å². The maximum atomic E-state index is 12.7. The molecule has 0 saturated heterocycles. The molecule has 27 heavy (non-hydrogen) atoms. The van der Waals surface area contributed by atoms with Crippen LogP contribution in [-0.2, 0) is 6.54 Å². The van der Waals surface area contributed by atoms with Crippen molar-refractivity contribution in [2.24, 2.45) is 5.92 Å². The largest absolute Gasteiger partial charge is 0.454 e. The number of nitrogens with one attached hydrogen (secondary N) is 1. The van der Waals surface area contributed by atoms with Gasteiger partial charge >= 0.3 is 0 Å². The van der Waals surface area contributed by atoms with Gasteiger partial charge in [-0.25, -0.2) is 0 Å². The predicted molar refractivity (Wildman–Crippen MR) is 103 cm³/mol. The normalized spacial score (nSPS) is 14.7. The van der Waals surface area contributed by atoms with E-state index in [2.05, 4.69) is 5.32 Å². The Morgan fingerprint density at radius 2 is 1.93 bits per heavy atom. The predicted octanol–water partition coefficient (Wildman–Crippen LogP) is 4.02. The van der Waals surface area contributed by atoms with E-state index in [4.69, 9.17) is 16.0 Å². The zero-order chi connectivity index (χ0) is 18.8. The van der Waals surface area contributed by atoms with Gasteiger partial charge in [-0.3, -0.25) is 9.59 Å². The SMILES string of the molecule is O=C(NC(c1ccc(Cl)cc1)C1CC1)c1ccc(Cn2ccccc2=O)o1. The molecule has 4 rings (SSSR count). The zero-order valence-electron chi connectivity index (χ0n) is 14.6. The molecule has 2 aromatic heterocycles. The van der Waals surface area contributed by atoms with E-state index < -0.39 is 0 Å². The number of hydrogen-bond acceptors (Lipinski definition) is 3. The first-order valence-corrected chi connectivity index (χ1v) is 9.28. The summed E-state index contributed by atoms with van der Waals surface area (Å²) in [6.07, 6.45) is 3.87. The Hall–Kier alpha value is -2.79. The van der Waals surface area contributed by atoms with Gasteiger partial charge in [0.1, 0.15) is 5.76 Å². The number of halogens is 1. The van der Waals surface area contributed by atoms with Crippen molar-refractivity contribution in [2.75, 3.05) is 0 Å². The molecule has 1 aliphatic rings. The van der Waals surface area contributed by atoms with Crippen molar-refractivity contribution in [3.05, 3.63) is 93.3 Å². The van der Waals surface area contributed by atoms with Crippen molar-refractivity contribution in [2.45, 2.75) is 25.4 Å². The third-order valence-corrected chi connectivity index (χ3v) is 4.97. The molecule has 0 bridgehead atoms. The Morgan fingerprint density at radius 3 is 2.63 bits per heavy atom. The highest BCUT2D eigenvalue weighted by Gasteiger charge is 2.34. The van der Waals surface area contributed by atoms with E-state index in [0.29, 0.717) is 16.7 Å². The van der Waals surface area contributed by atoms with Gasteiger partial charge in [-0.05, 0) is 54.7 Å². The highest BCUT2D eigenvalue weighted by molar-refractivity contribution is 6.30. The summed E-state index contributed by atoms with van der Waals surface area (Å²) < 4.78 is 7.20. The van der Waals surface area contributed by atoms with Crippen LogP contribution in [0.1, 0.15) is 40.8 Å². The summed E-state index contributed by atoms with van der Waals surface area (Å²) in [7, 11) is 0. The van der Waals surface area contributed by atoms with Crippen molar-refractivity contribution in [1.29, 1.82) is 0 Å². The third kappa shape index (κ3) is 4.14. The molecule has 1 aliphatic carbocycles. The second kappa shape index (κ2) is 7.45. The number of rotatable bonds is 6. The molecule has 1 atom stereocenters. The fraction of sp³-hybridized carbons (Fsp3) is 0.238. The lowest BCUT2D eigenvalue weighted by Crippen LogP contribution is -2.29. The molecule has 0 radical (unpaired) electrons. The molecule has 1 saturated carbocycles. The average molecular weight is 383 g/mol. The Balaban J connectivity index is 1.48. The van der Waals surface area contributed by atoms with Gasteiger partial charge in [0.05, 0.1) is 12.6 Å². The maximum absolute atomic E-state index is 12.7. The smallest absolute Gasteiger partial charge is 0.287 e. The summed E-state index contributed by atoms with van der Waals surface area (Å²) in [6.45, 7) is 0.288. The van der Waals surface area contributed by atoms with E-state index in [0.717, 1.165) is 18.4 Å². The Kier molecular flexibility index (Phi) is 4.86. The first kappa shape index (κ1) is 17.6. The van der Waals surface area contributed by atoms with Crippen molar-refractivity contribution in [1.82, 2.24) is 9.88 Å². The minimum Gasteiger partial charge on any atom is -0.454 e. The molecule has 3 aromatic rings. The van der Waals surface area contributed by atoms with Crippen molar-refractivity contribution < 1.29 is 9.21 Å². The van der Waals surface area contributed by atoms with E-state index in [1.165, 1.54) is 10.6 Å². The molecule has 2 heterocycles. The Labute approximate surface area is 161 Å². The second-order valence-electron chi connectivity index (χ2n) is 6.77. The van der Waals surface area contributed by atoms with Crippen LogP contribution in [0.4, 0.5) is 0 Å². The lowest BCUT2D eigenvalue weighted by Gasteiger charge is -2.18. The van der Waals surface area contributed by atoms with E-state index in [9.17, 15) is 9.59 Å². The first-order valence-electron chi connectivity index (χ1n) is 8.90. The van der Waals surface area contributed by atoms with Crippen molar-refractivity contribution >= 4 is 17.5 Å². The van der Waals surface area contributed by atoms with Gasteiger partial charge < -0.3 is 14.3 Å². The fourth-order valence-corrected chi connectivity index (χ4v) is 3.26. The van der Waals surface area contributed by atoms with Crippen LogP contribution in [0.15, 0.2) is 70.0 Å². The lowest BCUT2D eigenvalue weighted by molar-refractivity contribution is 0.0901. The number of aromatic nitrogens is 1. The number of pyridine rings is 1. The summed E-state index contributed by atoms with van der Waals surface area (Å²) in [6, 6.07) is 15.8. The standard InChI is InChI=1S/C21H19ClN2O3/c22-16-8-6-15(7-9-16)20(14-4-5-14)23-21(26)18-11-10-17(27-18)13-24-12-2-1-3-19(24)25/h1-3,6-12,14,20H,4-5,13H2,(H,23,26). The van der Waals surface area contributed by atoms with Crippen molar-refractivity contribution in [3.63, 3.8) is 0 Å². The number of amides is 1. The quantitative estimate of drug-likeness (QED) is 0.700. The second-order valence-corrected chi connectivity index (χ2v) is 7.21. The first-order chi connectivity index (χ1) is 13.1. The summed E-state index contributed by atoms with van der Waals surface area (Å²) in [5, 5.41) is 3.75. The van der Waals surface area contributed by atoms with Crippen LogP contribution in [-0.4, -0.2) is 10.5 Å². The number of benzene rings is 1. The molecule has 5 nitrogen and oxygen atoms in total. The van der Waals surface area contributed by atoms with E-state index in [1.54, 1.807) is 30.5 Å². The summed E-state index contributed by atoms with van der Waals surface area (Å²) >= 11 is 5.97. The molecule has 1 N–H and O–H groups in total. The molecular weight excluding hydrogens is 364 g/mol. The molecule has 138 valence electrons. The maximum Gasteiger partial charge on any atom is 0.287 e. The molecular formula is C21H19ClN2O3. The minimum atomic E-state index is -0.256. The van der Waals surface area contributed by atoms with Gasteiger partial charge in [0, 0.05) is 17.3 Å². The molecule has 6 heteroatoms. The van der Waals surface area contributed by atoms with Gasteiger partial charge in [-0.2, -0.15) is 0 Å². The van der Waals surface area contributed by atoms with Crippen LogP contribution in [0.3, 0.4) is 0 Å². The van der Waals surface area contributed by atoms with Gasteiger partial charge in [-0.1, -0.05) is 29.8 Å². The Bertz CT molecular complexity index is 1000. The number of furan rings is 1. The monoisotopic (exact) mass is 382 g/mol. The number of nitrogens with zero attached hydrogens (tertiary/aromatic N) is 1. The summed E-state index contributed by atoms with van der Waals surface area (Å²) in [5.41, 5.74) is 0.925. The highest BCUT2D eigenvalue weighted by atomic mass is 35.5. The zero-order valence-corrected chi connectivity index (χ0v) is 15.4. The van der Waals surface area contributed by atoms with Crippen LogP contribution in [0.25, 0.3) is 0 Å². The lowest BCUT2D eigenvalue weighted by atomic mass is 10.0.